The summed E-state index contributed by atoms with van der Waals surface area (Å²) in [5, 5.41) is 4.10. The average molecular weight is 229 g/mol. The van der Waals surface area contributed by atoms with Gasteiger partial charge in [-0.3, -0.25) is 0 Å². The van der Waals surface area contributed by atoms with E-state index in [1.54, 1.807) is 7.11 Å². The van der Waals surface area contributed by atoms with Crippen LogP contribution in [0.3, 0.4) is 0 Å². The van der Waals surface area contributed by atoms with Crippen LogP contribution >= 0.6 is 11.5 Å². The van der Waals surface area contributed by atoms with Crippen molar-refractivity contribution in [3.8, 4) is 0 Å². The third-order valence-electron chi connectivity index (χ3n) is 1.97. The van der Waals surface area contributed by atoms with Crippen molar-refractivity contribution < 1.29 is 4.74 Å². The Hall–Kier alpha value is -0.680. The van der Waals surface area contributed by atoms with Crippen LogP contribution < -0.4 is 5.32 Å². The monoisotopic (exact) mass is 229 g/mol. The highest BCUT2D eigenvalue weighted by Crippen LogP contribution is 2.25. The van der Waals surface area contributed by atoms with Crippen molar-refractivity contribution in [2.45, 2.75) is 39.8 Å². The maximum Gasteiger partial charge on any atom is 0.202 e. The zero-order valence-electron chi connectivity index (χ0n) is 9.94. The second kappa shape index (κ2) is 5.42. The molecular formula is C10H19N3OS. The van der Waals surface area contributed by atoms with Gasteiger partial charge in [0.15, 0.2) is 5.82 Å². The minimum atomic E-state index is -0.0102. The van der Waals surface area contributed by atoms with Crippen molar-refractivity contribution >= 4 is 16.7 Å². The summed E-state index contributed by atoms with van der Waals surface area (Å²) in [6, 6.07) is 0.380. The van der Waals surface area contributed by atoms with Gasteiger partial charge < -0.3 is 10.1 Å². The van der Waals surface area contributed by atoms with Gasteiger partial charge in [0.1, 0.15) is 6.10 Å². The van der Waals surface area contributed by atoms with Gasteiger partial charge in [0, 0.05) is 24.7 Å². The molecule has 1 unspecified atom stereocenters. The topological polar surface area (TPSA) is 47.0 Å². The lowest BCUT2D eigenvalue weighted by Gasteiger charge is -2.15. The van der Waals surface area contributed by atoms with E-state index in [9.17, 15) is 0 Å². The second-order valence-electron chi connectivity index (χ2n) is 4.16. The fourth-order valence-electron chi connectivity index (χ4n) is 1.33. The number of methoxy groups -OCH3 is 1. The van der Waals surface area contributed by atoms with Gasteiger partial charge in [-0.25, -0.2) is 4.98 Å². The third kappa shape index (κ3) is 3.43. The van der Waals surface area contributed by atoms with Gasteiger partial charge in [0.05, 0.1) is 0 Å². The van der Waals surface area contributed by atoms with Crippen molar-refractivity contribution in [3.05, 3.63) is 5.82 Å². The number of aromatic nitrogens is 2. The van der Waals surface area contributed by atoms with E-state index in [4.69, 9.17) is 4.74 Å². The van der Waals surface area contributed by atoms with Gasteiger partial charge in [-0.05, 0) is 19.8 Å². The fraction of sp³-hybridized carbons (Fsp3) is 0.800. The van der Waals surface area contributed by atoms with Crippen LogP contribution in [0.2, 0.25) is 0 Å². The molecule has 0 fully saturated rings. The molecule has 0 amide bonds. The lowest BCUT2D eigenvalue weighted by molar-refractivity contribution is 0.0585. The van der Waals surface area contributed by atoms with Crippen LogP contribution in [0.4, 0.5) is 5.13 Å². The van der Waals surface area contributed by atoms with Crippen molar-refractivity contribution in [2.24, 2.45) is 5.92 Å². The fourth-order valence-corrected chi connectivity index (χ4v) is 2.08. The highest BCUT2D eigenvalue weighted by molar-refractivity contribution is 7.09. The molecule has 0 aliphatic carbocycles. The lowest BCUT2D eigenvalue weighted by atomic mass is 10.1. The Labute approximate surface area is 95.2 Å². The summed E-state index contributed by atoms with van der Waals surface area (Å²) in [5.74, 6) is 1.16. The van der Waals surface area contributed by atoms with Crippen LogP contribution in [0.15, 0.2) is 0 Å². The van der Waals surface area contributed by atoms with E-state index < -0.39 is 0 Å². The van der Waals surface area contributed by atoms with E-state index in [0.29, 0.717) is 12.0 Å². The molecule has 1 rings (SSSR count). The van der Waals surface area contributed by atoms with E-state index in [-0.39, 0.29) is 6.10 Å². The normalized spacial score (nSPS) is 13.5. The van der Waals surface area contributed by atoms with Gasteiger partial charge in [0.2, 0.25) is 5.13 Å². The summed E-state index contributed by atoms with van der Waals surface area (Å²) in [6.07, 6.45) is -0.0102. The quantitative estimate of drug-likeness (QED) is 0.843. The Morgan fingerprint density at radius 1 is 1.27 bits per heavy atom. The minimum Gasteiger partial charge on any atom is -0.373 e. The first-order valence-corrected chi connectivity index (χ1v) is 5.94. The molecule has 1 heterocycles. The number of nitrogens with zero attached hydrogens (tertiary/aromatic N) is 2. The van der Waals surface area contributed by atoms with E-state index >= 15 is 0 Å². The number of hydrogen-bond donors (Lipinski definition) is 1. The number of anilines is 1. The first-order valence-electron chi connectivity index (χ1n) is 5.17. The van der Waals surface area contributed by atoms with Crippen LogP contribution in [-0.2, 0) is 4.74 Å². The average Bonchev–Trinajstić information content (AvgIpc) is 2.52. The summed E-state index contributed by atoms with van der Waals surface area (Å²) >= 11 is 1.39. The highest BCUT2D eigenvalue weighted by Gasteiger charge is 2.20. The molecule has 0 saturated carbocycles. The van der Waals surface area contributed by atoms with Crippen LogP contribution in [0.25, 0.3) is 0 Å². The summed E-state index contributed by atoms with van der Waals surface area (Å²) in [5.41, 5.74) is 0. The Morgan fingerprint density at radius 2 is 1.93 bits per heavy atom. The minimum absolute atomic E-state index is 0.0102. The summed E-state index contributed by atoms with van der Waals surface area (Å²) in [4.78, 5) is 4.41. The Bertz CT molecular complexity index is 299. The molecule has 4 nitrogen and oxygen atoms in total. The Morgan fingerprint density at radius 3 is 2.40 bits per heavy atom. The van der Waals surface area contributed by atoms with Gasteiger partial charge in [0.25, 0.3) is 0 Å². The molecule has 0 bridgehead atoms. The maximum atomic E-state index is 5.37. The zero-order chi connectivity index (χ0) is 11.4. The Balaban J connectivity index is 2.73. The number of nitrogens with one attached hydrogen (secondary N) is 1. The smallest absolute Gasteiger partial charge is 0.202 e. The van der Waals surface area contributed by atoms with Crippen molar-refractivity contribution in [1.82, 2.24) is 9.36 Å². The molecule has 0 aromatic carbocycles. The predicted octanol–water partition coefficient (Wildman–Crippen LogP) is 2.70. The molecule has 1 atom stereocenters. The second-order valence-corrected chi connectivity index (χ2v) is 4.91. The number of rotatable bonds is 5. The van der Waals surface area contributed by atoms with Gasteiger partial charge in [-0.15, -0.1) is 0 Å². The Kier molecular flexibility index (Phi) is 4.47. The summed E-state index contributed by atoms with van der Waals surface area (Å²) < 4.78 is 9.67. The van der Waals surface area contributed by atoms with Crippen molar-refractivity contribution in [2.75, 3.05) is 12.4 Å². The molecule has 1 aromatic heterocycles. The molecule has 0 spiro atoms. The first kappa shape index (κ1) is 12.4. The van der Waals surface area contributed by atoms with Gasteiger partial charge >= 0.3 is 0 Å². The predicted molar refractivity (Wildman–Crippen MR) is 63.3 cm³/mol. The molecule has 86 valence electrons. The van der Waals surface area contributed by atoms with E-state index in [1.807, 2.05) is 0 Å². The number of ether oxygens (including phenoxy) is 1. The van der Waals surface area contributed by atoms with Crippen LogP contribution in [-0.4, -0.2) is 22.5 Å². The van der Waals surface area contributed by atoms with Crippen molar-refractivity contribution in [3.63, 3.8) is 0 Å². The maximum absolute atomic E-state index is 5.37. The van der Waals surface area contributed by atoms with E-state index in [1.165, 1.54) is 11.5 Å². The van der Waals surface area contributed by atoms with Gasteiger partial charge in [-0.1, -0.05) is 13.8 Å². The van der Waals surface area contributed by atoms with E-state index in [0.717, 1.165) is 11.0 Å². The van der Waals surface area contributed by atoms with Crippen molar-refractivity contribution in [1.29, 1.82) is 0 Å². The molecule has 0 radical (unpaired) electrons. The molecule has 0 aliphatic rings. The van der Waals surface area contributed by atoms with Crippen LogP contribution in [0, 0.1) is 5.92 Å². The molecule has 1 N–H and O–H groups in total. The molecule has 1 aromatic rings. The van der Waals surface area contributed by atoms with E-state index in [2.05, 4.69) is 42.4 Å². The molecule has 0 aliphatic heterocycles. The molecule has 0 saturated heterocycles. The third-order valence-corrected chi connectivity index (χ3v) is 2.63. The SMILES string of the molecule is COC(c1nsc(NC(C)C)n1)C(C)C. The largest absolute Gasteiger partial charge is 0.373 e. The lowest BCUT2D eigenvalue weighted by Crippen LogP contribution is -2.12. The molecular weight excluding hydrogens is 210 g/mol. The summed E-state index contributed by atoms with van der Waals surface area (Å²) in [6.45, 7) is 8.37. The zero-order valence-corrected chi connectivity index (χ0v) is 10.8. The highest BCUT2D eigenvalue weighted by atomic mass is 32.1. The van der Waals surface area contributed by atoms with Crippen LogP contribution in [0.5, 0.6) is 0 Å². The van der Waals surface area contributed by atoms with Crippen LogP contribution in [0.1, 0.15) is 39.6 Å². The molecule has 15 heavy (non-hydrogen) atoms. The molecule has 5 heteroatoms. The standard InChI is InChI=1S/C10H19N3OS/c1-6(2)8(14-5)9-12-10(15-13-9)11-7(3)4/h6-8H,1-5H3,(H,11,12,13). The first-order chi connectivity index (χ1) is 7.04. The van der Waals surface area contributed by atoms with Gasteiger partial charge in [-0.2, -0.15) is 4.37 Å². The number of hydrogen-bond acceptors (Lipinski definition) is 5. The summed E-state index contributed by atoms with van der Waals surface area (Å²) in [7, 11) is 1.70.